The largest absolute Gasteiger partial charge is 1.00 e. The van der Waals surface area contributed by atoms with Crippen LogP contribution in [-0.4, -0.2) is 178 Å². The number of oxazole rings is 4. The number of anilines is 1. The van der Waals surface area contributed by atoms with Crippen molar-refractivity contribution >= 4 is 73.2 Å². The van der Waals surface area contributed by atoms with Crippen molar-refractivity contribution in [2.24, 2.45) is 0 Å². The second-order valence-electron chi connectivity index (χ2n) is 33.0. The SMILES string of the molecule is CC(=O)c1c(OCCN2CCOCC2)c(OCCC(C)c2ccc(F)cc2)c2ocnc2c1C.CC(=O)c1c(OCCN2CCOCC2)c(OCCCc2ccccc2)c2ocnc2c1C.CC(=O)c1c(OCC[NH3+])c(OCCC(C)c2ccc(F)cc2)c2oc(C)nc2c1C.CC(=O)c1c(OCC[n+]2ccc(N)cc2)c(OCCC(C)c2ccc(F)cc2)c2oc(C)nc2c1C.[Br-].[Cl-]. The fraction of sp³-hybridized carbons (Fsp3) is 0.402. The number of aryl methyl sites for hydroxylation is 7. The zero-order valence-electron chi connectivity index (χ0n) is 78.3. The number of nitrogen functional groups attached to an aromatic ring is 1. The van der Waals surface area contributed by atoms with Crippen molar-refractivity contribution in [2.75, 3.05) is 131 Å². The average Bonchev–Trinajstić information content (AvgIpc) is 1.57. The molecule has 8 aromatic carbocycles. The lowest BCUT2D eigenvalue weighted by molar-refractivity contribution is -0.697. The van der Waals surface area contributed by atoms with Gasteiger partial charge in [-0.05, 0) is 186 Å². The fourth-order valence-corrected chi connectivity index (χ4v) is 16.0. The monoisotopic (exact) mass is 1930 g/mol. The first-order valence-electron chi connectivity index (χ1n) is 44.8. The molecule has 3 unspecified atom stereocenters. The fourth-order valence-electron chi connectivity index (χ4n) is 16.0. The zero-order chi connectivity index (χ0) is 94.1. The predicted octanol–water partition coefficient (Wildman–Crippen LogP) is 12.1. The number of ketones is 4. The van der Waals surface area contributed by atoms with E-state index in [1.807, 2.05) is 75.0 Å². The molecule has 0 saturated carbocycles. The van der Waals surface area contributed by atoms with E-state index in [-0.39, 0.29) is 87.7 Å². The number of nitrogens with zero attached hydrogens (tertiary/aromatic N) is 7. The molecule has 716 valence electrons. The Morgan fingerprint density at radius 1 is 0.433 bits per heavy atom. The molecule has 0 radical (unpaired) electrons. The zero-order valence-corrected chi connectivity index (χ0v) is 80.7. The van der Waals surface area contributed by atoms with Gasteiger partial charge in [-0.1, -0.05) is 87.5 Å². The first-order valence-corrected chi connectivity index (χ1v) is 44.8. The quantitative estimate of drug-likeness (QED) is 0.0205. The number of nitrogens with two attached hydrogens (primary N) is 1. The Morgan fingerprint density at radius 3 is 1.12 bits per heavy atom. The number of hydrogen-bond acceptors (Lipinski definition) is 25. The van der Waals surface area contributed by atoms with Gasteiger partial charge in [0.2, 0.25) is 45.3 Å². The summed E-state index contributed by atoms with van der Waals surface area (Å²) < 4.78 is 125. The van der Waals surface area contributed by atoms with Crippen molar-refractivity contribution < 1.29 is 137 Å². The second kappa shape index (κ2) is 50.4. The molecule has 5 N–H and O–H groups in total. The van der Waals surface area contributed by atoms with Crippen molar-refractivity contribution in [1.29, 1.82) is 0 Å². The molecule has 2 aliphatic rings. The van der Waals surface area contributed by atoms with Crippen LogP contribution in [0.4, 0.5) is 18.9 Å². The van der Waals surface area contributed by atoms with Gasteiger partial charge in [0, 0.05) is 70.9 Å². The molecule has 2 fully saturated rings. The van der Waals surface area contributed by atoms with Crippen LogP contribution < -0.4 is 83.3 Å². The summed E-state index contributed by atoms with van der Waals surface area (Å²) in [4.78, 5) is 72.4. The number of morpholine rings is 2. The summed E-state index contributed by atoms with van der Waals surface area (Å²) in [6.07, 6.45) is 10.3. The van der Waals surface area contributed by atoms with Gasteiger partial charge in [-0.15, -0.1) is 0 Å². The highest BCUT2D eigenvalue weighted by Crippen LogP contribution is 2.47. The molecule has 134 heavy (non-hydrogen) atoms. The van der Waals surface area contributed by atoms with Crippen LogP contribution in [0.2, 0.25) is 0 Å². The summed E-state index contributed by atoms with van der Waals surface area (Å²) in [5.41, 5.74) is 23.6. The lowest BCUT2D eigenvalue weighted by atomic mass is 9.98. The number of fused-ring (bicyclic) bond motifs is 4. The topological polar surface area (TPSA) is 329 Å². The molecular weight excluding hydrogens is 1810 g/mol. The van der Waals surface area contributed by atoms with E-state index in [1.54, 1.807) is 57.2 Å². The molecule has 0 spiro atoms. The molecule has 27 nitrogen and oxygen atoms in total. The van der Waals surface area contributed by atoms with Crippen LogP contribution in [0.1, 0.15) is 190 Å². The van der Waals surface area contributed by atoms with Crippen molar-refractivity contribution in [2.45, 2.75) is 146 Å². The van der Waals surface area contributed by atoms with Crippen molar-refractivity contribution in [1.82, 2.24) is 29.7 Å². The van der Waals surface area contributed by atoms with Crippen LogP contribution in [0.3, 0.4) is 0 Å². The van der Waals surface area contributed by atoms with E-state index in [0.29, 0.717) is 245 Å². The molecule has 0 amide bonds. The Kier molecular flexibility index (Phi) is 39.1. The lowest BCUT2D eigenvalue weighted by Crippen LogP contribution is -3.00. The van der Waals surface area contributed by atoms with E-state index in [9.17, 15) is 32.3 Å². The number of benzene rings is 8. The van der Waals surface area contributed by atoms with E-state index in [0.717, 1.165) is 87.6 Å². The van der Waals surface area contributed by atoms with Gasteiger partial charge in [0.1, 0.15) is 72.5 Å². The predicted molar refractivity (Wildman–Crippen MR) is 495 cm³/mol. The first-order chi connectivity index (χ1) is 63.7. The maximum Gasteiger partial charge on any atom is 0.207 e. The number of hydrogen-bond donors (Lipinski definition) is 2. The van der Waals surface area contributed by atoms with Crippen molar-refractivity contribution in [3.05, 3.63) is 236 Å². The summed E-state index contributed by atoms with van der Waals surface area (Å²) >= 11 is 0. The Morgan fingerprint density at radius 2 is 0.761 bits per heavy atom. The minimum absolute atomic E-state index is 0. The third-order valence-corrected chi connectivity index (χ3v) is 23.3. The third kappa shape index (κ3) is 27.0. The van der Waals surface area contributed by atoms with Gasteiger partial charge in [-0.3, -0.25) is 29.0 Å². The Balaban J connectivity index is 0.000000184. The molecule has 5 aromatic heterocycles. The number of quaternary nitrogens is 1. The smallest absolute Gasteiger partial charge is 0.207 e. The van der Waals surface area contributed by atoms with Gasteiger partial charge in [-0.2, -0.15) is 0 Å². The molecule has 2 aliphatic heterocycles. The lowest BCUT2D eigenvalue weighted by Gasteiger charge is -2.26. The molecular formula is C102H120BrClF3N9O18. The van der Waals surface area contributed by atoms with Gasteiger partial charge >= 0.3 is 0 Å². The maximum atomic E-state index is 13.3. The van der Waals surface area contributed by atoms with E-state index >= 15 is 0 Å². The van der Waals surface area contributed by atoms with Crippen LogP contribution in [-0.2, 0) is 22.4 Å². The highest BCUT2D eigenvalue weighted by Gasteiger charge is 2.33. The Labute approximate surface area is 795 Å². The molecule has 0 bridgehead atoms. The van der Waals surface area contributed by atoms with Gasteiger partial charge in [0.05, 0.1) is 75.1 Å². The molecule has 0 aliphatic carbocycles. The highest BCUT2D eigenvalue weighted by molar-refractivity contribution is 6.08. The van der Waals surface area contributed by atoms with Crippen LogP contribution in [0.5, 0.6) is 46.0 Å². The second-order valence-corrected chi connectivity index (χ2v) is 33.0. The molecule has 32 heteroatoms. The van der Waals surface area contributed by atoms with Crippen LogP contribution in [0.25, 0.3) is 44.4 Å². The minimum Gasteiger partial charge on any atom is -1.00 e. The number of Topliss-reactive ketones (excluding diaryl/α,β-unsaturated/α-hetero) is 4. The van der Waals surface area contributed by atoms with Crippen molar-refractivity contribution in [3.63, 3.8) is 0 Å². The Hall–Kier alpha value is -12.0. The number of ether oxygens (including phenoxy) is 10. The number of carbonyl (C=O) groups is 4. The number of halogens is 5. The summed E-state index contributed by atoms with van der Waals surface area (Å²) in [6, 6.07) is 33.4. The molecule has 15 rings (SSSR count). The van der Waals surface area contributed by atoms with Gasteiger partial charge in [0.25, 0.3) is 0 Å². The number of aromatic nitrogens is 5. The molecule has 2 saturated heterocycles. The molecule has 7 heterocycles. The molecule has 3 atom stereocenters. The van der Waals surface area contributed by atoms with Gasteiger partial charge < -0.3 is 106 Å². The maximum absolute atomic E-state index is 13.3. The van der Waals surface area contributed by atoms with E-state index in [1.165, 1.54) is 75.5 Å². The number of carbonyl (C=O) groups excluding carboxylic acids is 4. The molecule has 13 aromatic rings. The van der Waals surface area contributed by atoms with Crippen LogP contribution in [0.15, 0.2) is 158 Å². The van der Waals surface area contributed by atoms with E-state index in [2.05, 4.69) is 68.4 Å². The number of rotatable bonds is 39. The van der Waals surface area contributed by atoms with Crippen LogP contribution >= 0.6 is 0 Å². The third-order valence-electron chi connectivity index (χ3n) is 23.3. The average molecular weight is 1930 g/mol. The summed E-state index contributed by atoms with van der Waals surface area (Å²) in [5.74, 6) is 3.39. The minimum atomic E-state index is -0.263. The highest BCUT2D eigenvalue weighted by atomic mass is 79.9. The van der Waals surface area contributed by atoms with Gasteiger partial charge in [0.15, 0.2) is 89.6 Å². The van der Waals surface area contributed by atoms with Crippen molar-refractivity contribution in [3.8, 4) is 46.0 Å². The standard InChI is InChI=1S/C28H30FN3O4.C26H31FN2O5.C25H30N2O5.C23H27FN2O4.BrH.ClH/c1-17(21-5-7-22(29)8-6-21)11-15-34-28-26(35-16-14-32-12-9-23(30)10-13-32)24(19(3)33)18(2)25-27(28)36-20(4)31-25;1-17(20-4-6-21(27)7-5-20)8-12-32-26-24(33-15-11-29-9-13-31-14-10-29)22(19(3)30)18(2)23-25(26)34-16-28-23;1-18-21(19(2)28)23(31-16-12-27-10-14-29-15-11-27)25(24-22(18)26-17-32-24)30-13-6-9-20-7-4-3-5-8-20;1-13(17-5-7-18(24)8-6-17)9-11-28-23-21(29-12-10-25)19(15(3)27)14(2)20-22(23)30-16(4)26-20;;/h5-10,12-13,17,30H,11,14-16H2,1-4H3;4-7,16-17H,8-15H2,1-3H3;3-5,7-8,17H,6,9-16H2,1-2H3;5-8,13H,9-12,25H2,1-4H3;2*1H. The van der Waals surface area contributed by atoms with E-state index in [4.69, 9.17) is 70.8 Å². The summed E-state index contributed by atoms with van der Waals surface area (Å²) in [7, 11) is 0. The summed E-state index contributed by atoms with van der Waals surface area (Å²) in [5, 5.41) is 0. The Bertz CT molecular complexity index is 6050. The van der Waals surface area contributed by atoms with E-state index < -0.39 is 0 Å². The van der Waals surface area contributed by atoms with Gasteiger partial charge in [-0.25, -0.2) is 37.7 Å². The normalized spacial score (nSPS) is 13.4. The summed E-state index contributed by atoms with van der Waals surface area (Å²) in [6.45, 7) is 35.1. The number of pyridine rings is 1. The first kappa shape index (κ1) is 104. The van der Waals surface area contributed by atoms with Crippen LogP contribution in [0, 0.1) is 59.0 Å².